The number of hydrogen-bond donors (Lipinski definition) is 0. The summed E-state index contributed by atoms with van der Waals surface area (Å²) in [5, 5.41) is 7.34. The van der Waals surface area contributed by atoms with Crippen molar-refractivity contribution in [2.24, 2.45) is 0 Å². The molecule has 1 atom stereocenters. The van der Waals surface area contributed by atoms with Gasteiger partial charge in [-0.05, 0) is 30.7 Å². The second-order valence-electron chi connectivity index (χ2n) is 7.24. The molecule has 0 amide bonds. The molecule has 4 aromatic rings. The van der Waals surface area contributed by atoms with E-state index in [1.807, 2.05) is 0 Å². The largest absolute Gasteiger partial charge is 0.414 e. The molecule has 32 heavy (non-hydrogen) atoms. The standard InChI is InChI=1S/C22H17FN4O4S/c23-18-4-2-1-3-17(18)21-26-27-22(31-21)20-12-24-11-19(25-20)14-5-7-15(8-6-14)32(28,29)16-9-10-30-13-16/h1-8,11-12,16H,9-10,13H2. The molecule has 1 saturated heterocycles. The van der Waals surface area contributed by atoms with Crippen LogP contribution in [0.25, 0.3) is 34.3 Å². The number of nitrogens with zero attached hydrogens (tertiary/aromatic N) is 4. The van der Waals surface area contributed by atoms with Crippen molar-refractivity contribution in [3.63, 3.8) is 0 Å². The summed E-state index contributed by atoms with van der Waals surface area (Å²) in [5.74, 6) is -0.337. The second-order valence-corrected chi connectivity index (χ2v) is 9.46. The zero-order valence-corrected chi connectivity index (χ0v) is 17.5. The van der Waals surface area contributed by atoms with Crippen LogP contribution < -0.4 is 0 Å². The van der Waals surface area contributed by atoms with Gasteiger partial charge in [-0.2, -0.15) is 0 Å². The number of sulfone groups is 1. The van der Waals surface area contributed by atoms with Crippen molar-refractivity contribution in [1.29, 1.82) is 0 Å². The molecule has 8 nitrogen and oxygen atoms in total. The van der Waals surface area contributed by atoms with Crippen LogP contribution in [0.2, 0.25) is 0 Å². The van der Waals surface area contributed by atoms with Crippen LogP contribution in [-0.4, -0.2) is 47.0 Å². The van der Waals surface area contributed by atoms with Crippen LogP contribution in [-0.2, 0) is 14.6 Å². The molecule has 0 radical (unpaired) electrons. The van der Waals surface area contributed by atoms with Crippen molar-refractivity contribution in [1.82, 2.24) is 20.2 Å². The number of ether oxygens (including phenoxy) is 1. The van der Waals surface area contributed by atoms with Gasteiger partial charge in [0.2, 0.25) is 0 Å². The van der Waals surface area contributed by atoms with Crippen LogP contribution in [0.4, 0.5) is 4.39 Å². The third-order valence-corrected chi connectivity index (χ3v) is 7.37. The number of benzene rings is 2. The normalized spacial score (nSPS) is 16.3. The highest BCUT2D eigenvalue weighted by molar-refractivity contribution is 7.92. The molecule has 10 heteroatoms. The Kier molecular flexibility index (Phi) is 5.24. The SMILES string of the molecule is O=S(=O)(c1ccc(-c2cncc(-c3nnc(-c4ccccc4F)o3)n2)cc1)C1CCOC1. The first kappa shape index (κ1) is 20.4. The molecule has 3 heterocycles. The summed E-state index contributed by atoms with van der Waals surface area (Å²) in [7, 11) is -3.44. The predicted molar refractivity (Wildman–Crippen MR) is 113 cm³/mol. The van der Waals surface area contributed by atoms with E-state index in [0.717, 1.165) is 0 Å². The molecule has 162 valence electrons. The van der Waals surface area contributed by atoms with Gasteiger partial charge in [0.15, 0.2) is 9.84 Å². The summed E-state index contributed by atoms with van der Waals surface area (Å²) < 4.78 is 50.2. The lowest BCUT2D eigenvalue weighted by atomic mass is 10.1. The van der Waals surface area contributed by atoms with Crippen molar-refractivity contribution in [3.8, 4) is 34.3 Å². The highest BCUT2D eigenvalue weighted by atomic mass is 32.2. The van der Waals surface area contributed by atoms with E-state index in [4.69, 9.17) is 9.15 Å². The molecule has 0 spiro atoms. The van der Waals surface area contributed by atoms with Crippen LogP contribution in [0.15, 0.2) is 70.2 Å². The Morgan fingerprint density at radius 3 is 2.44 bits per heavy atom. The van der Waals surface area contributed by atoms with Crippen LogP contribution in [0.5, 0.6) is 0 Å². The van der Waals surface area contributed by atoms with Gasteiger partial charge in [-0.15, -0.1) is 10.2 Å². The van der Waals surface area contributed by atoms with Crippen molar-refractivity contribution >= 4 is 9.84 Å². The lowest BCUT2D eigenvalue weighted by Crippen LogP contribution is -2.21. The molecule has 1 unspecified atom stereocenters. The molecule has 2 aromatic heterocycles. The van der Waals surface area contributed by atoms with Crippen molar-refractivity contribution in [2.45, 2.75) is 16.6 Å². The zero-order valence-electron chi connectivity index (χ0n) is 16.7. The first-order valence-electron chi connectivity index (χ1n) is 9.85. The van der Waals surface area contributed by atoms with Gasteiger partial charge in [0.1, 0.15) is 11.5 Å². The smallest absolute Gasteiger partial charge is 0.268 e. The minimum Gasteiger partial charge on any atom is -0.414 e. The first-order chi connectivity index (χ1) is 15.5. The van der Waals surface area contributed by atoms with Crippen LogP contribution in [0.3, 0.4) is 0 Å². The van der Waals surface area contributed by atoms with Gasteiger partial charge in [0.25, 0.3) is 11.8 Å². The average Bonchev–Trinajstić information content (AvgIpc) is 3.53. The summed E-state index contributed by atoms with van der Waals surface area (Å²) >= 11 is 0. The van der Waals surface area contributed by atoms with E-state index in [9.17, 15) is 12.8 Å². The Labute approximate surface area is 183 Å². The van der Waals surface area contributed by atoms with Gasteiger partial charge in [-0.25, -0.2) is 17.8 Å². The minimum absolute atomic E-state index is 0.0377. The average molecular weight is 452 g/mol. The molecule has 1 aliphatic rings. The highest BCUT2D eigenvalue weighted by Crippen LogP contribution is 2.28. The Morgan fingerprint density at radius 2 is 1.69 bits per heavy atom. The molecule has 1 fully saturated rings. The van der Waals surface area contributed by atoms with Crippen LogP contribution in [0, 0.1) is 5.82 Å². The molecule has 0 aliphatic carbocycles. The van der Waals surface area contributed by atoms with Gasteiger partial charge in [0, 0.05) is 12.2 Å². The van der Waals surface area contributed by atoms with E-state index in [-0.39, 0.29) is 28.8 Å². The maximum atomic E-state index is 14.0. The fourth-order valence-electron chi connectivity index (χ4n) is 3.44. The maximum Gasteiger partial charge on any atom is 0.268 e. The number of rotatable bonds is 5. The molecule has 2 aromatic carbocycles. The molecular formula is C22H17FN4O4S. The maximum absolute atomic E-state index is 14.0. The van der Waals surface area contributed by atoms with Gasteiger partial charge >= 0.3 is 0 Å². The number of hydrogen-bond acceptors (Lipinski definition) is 8. The minimum atomic E-state index is -3.44. The number of halogens is 1. The molecule has 5 rings (SSSR count). The number of aromatic nitrogens is 4. The van der Waals surface area contributed by atoms with E-state index in [2.05, 4.69) is 20.2 Å². The highest BCUT2D eigenvalue weighted by Gasteiger charge is 2.31. The lowest BCUT2D eigenvalue weighted by molar-refractivity contribution is 0.198. The molecular weight excluding hydrogens is 435 g/mol. The third kappa shape index (κ3) is 3.78. The monoisotopic (exact) mass is 452 g/mol. The summed E-state index contributed by atoms with van der Waals surface area (Å²) in [4.78, 5) is 8.90. The summed E-state index contributed by atoms with van der Waals surface area (Å²) in [5.41, 5.74) is 1.69. The summed E-state index contributed by atoms with van der Waals surface area (Å²) in [6, 6.07) is 12.6. The van der Waals surface area contributed by atoms with Gasteiger partial charge < -0.3 is 9.15 Å². The van der Waals surface area contributed by atoms with Gasteiger partial charge in [0.05, 0.1) is 40.4 Å². The quantitative estimate of drug-likeness (QED) is 0.452. The molecule has 0 N–H and O–H groups in total. The van der Waals surface area contributed by atoms with Crippen LogP contribution >= 0.6 is 0 Å². The Hall–Kier alpha value is -3.50. The Balaban J connectivity index is 1.42. The molecule has 0 saturated carbocycles. The zero-order chi connectivity index (χ0) is 22.1. The van der Waals surface area contributed by atoms with Gasteiger partial charge in [-0.1, -0.05) is 24.3 Å². The van der Waals surface area contributed by atoms with E-state index in [0.29, 0.717) is 30.0 Å². The lowest BCUT2D eigenvalue weighted by Gasteiger charge is -2.10. The van der Waals surface area contributed by atoms with Crippen molar-refractivity contribution in [2.75, 3.05) is 13.2 Å². The second kappa shape index (κ2) is 8.21. The first-order valence-corrected chi connectivity index (χ1v) is 11.4. The summed E-state index contributed by atoms with van der Waals surface area (Å²) in [6.45, 7) is 0.676. The van der Waals surface area contributed by atoms with E-state index in [1.165, 1.54) is 12.3 Å². The van der Waals surface area contributed by atoms with E-state index >= 15 is 0 Å². The Morgan fingerprint density at radius 1 is 0.938 bits per heavy atom. The topological polar surface area (TPSA) is 108 Å². The van der Waals surface area contributed by atoms with E-state index < -0.39 is 20.9 Å². The molecule has 0 bridgehead atoms. The summed E-state index contributed by atoms with van der Waals surface area (Å²) in [6.07, 6.45) is 3.50. The fourth-order valence-corrected chi connectivity index (χ4v) is 5.03. The molecule has 1 aliphatic heterocycles. The van der Waals surface area contributed by atoms with Crippen molar-refractivity contribution in [3.05, 3.63) is 66.7 Å². The third-order valence-electron chi connectivity index (χ3n) is 5.19. The van der Waals surface area contributed by atoms with Crippen molar-refractivity contribution < 1.29 is 22.0 Å². The van der Waals surface area contributed by atoms with Gasteiger partial charge in [-0.3, -0.25) is 4.98 Å². The predicted octanol–water partition coefficient (Wildman–Crippen LogP) is 3.56. The van der Waals surface area contributed by atoms with E-state index in [1.54, 1.807) is 48.7 Å². The fraction of sp³-hybridized carbons (Fsp3) is 0.182. The van der Waals surface area contributed by atoms with Crippen LogP contribution in [0.1, 0.15) is 6.42 Å². The Bertz CT molecular complexity index is 1370.